The van der Waals surface area contributed by atoms with Gasteiger partial charge in [0.25, 0.3) is 0 Å². The monoisotopic (exact) mass is 488 g/mol. The maximum Gasteiger partial charge on any atom is 0.193 e. The molecular weight excluding hydrogens is 452 g/mol. The molecule has 190 valence electrons. The molecular formula is C31H36O5. The van der Waals surface area contributed by atoms with Gasteiger partial charge in [0.05, 0.1) is 12.2 Å². The van der Waals surface area contributed by atoms with Crippen molar-refractivity contribution >= 4 is 11.6 Å². The van der Waals surface area contributed by atoms with Crippen LogP contribution in [0.15, 0.2) is 72.8 Å². The Bertz CT molecular complexity index is 1200. The van der Waals surface area contributed by atoms with Crippen molar-refractivity contribution < 1.29 is 24.2 Å². The topological polar surface area (TPSA) is 72.8 Å². The van der Waals surface area contributed by atoms with Crippen LogP contribution in [0.1, 0.15) is 78.9 Å². The van der Waals surface area contributed by atoms with Crippen molar-refractivity contribution in [3.05, 3.63) is 101 Å². The number of hydrogen-bond donors (Lipinski definition) is 1. The second-order valence-corrected chi connectivity index (χ2v) is 10.7. The highest BCUT2D eigenvalue weighted by molar-refractivity contribution is 6.11. The third-order valence-electron chi connectivity index (χ3n) is 7.18. The van der Waals surface area contributed by atoms with Crippen LogP contribution in [0.2, 0.25) is 0 Å². The first-order valence-electron chi connectivity index (χ1n) is 12.1. The van der Waals surface area contributed by atoms with E-state index in [0.29, 0.717) is 28.0 Å². The number of hydrogen-bond acceptors (Lipinski definition) is 5. The van der Waals surface area contributed by atoms with Crippen molar-refractivity contribution in [3.63, 3.8) is 0 Å². The molecule has 1 N–H and O–H groups in total. The summed E-state index contributed by atoms with van der Waals surface area (Å²) < 4.78 is 11.4. The van der Waals surface area contributed by atoms with Crippen LogP contribution < -0.4 is 4.74 Å². The van der Waals surface area contributed by atoms with Crippen molar-refractivity contribution in [2.75, 3.05) is 13.7 Å². The predicted molar refractivity (Wildman–Crippen MR) is 142 cm³/mol. The van der Waals surface area contributed by atoms with Crippen molar-refractivity contribution in [2.45, 2.75) is 58.2 Å². The van der Waals surface area contributed by atoms with E-state index in [2.05, 4.69) is 27.7 Å². The maximum atomic E-state index is 13.0. The molecule has 0 aliphatic rings. The number of ether oxygens (including phenoxy) is 2. The lowest BCUT2D eigenvalue weighted by molar-refractivity contribution is -0.0341. The van der Waals surface area contributed by atoms with Gasteiger partial charge in [-0.25, -0.2) is 0 Å². The highest BCUT2D eigenvalue weighted by Crippen LogP contribution is 2.37. The van der Waals surface area contributed by atoms with Crippen LogP contribution in [0, 0.1) is 0 Å². The Morgan fingerprint density at radius 1 is 0.667 bits per heavy atom. The Morgan fingerprint density at radius 2 is 1.03 bits per heavy atom. The Morgan fingerprint density at radius 3 is 1.39 bits per heavy atom. The molecule has 0 fully saturated rings. The molecule has 0 aliphatic carbocycles. The van der Waals surface area contributed by atoms with Gasteiger partial charge >= 0.3 is 0 Å². The van der Waals surface area contributed by atoms with Gasteiger partial charge in [-0.1, -0.05) is 62.4 Å². The van der Waals surface area contributed by atoms with Crippen LogP contribution >= 0.6 is 0 Å². The summed E-state index contributed by atoms with van der Waals surface area (Å²) in [5.74, 6) is 0.332. The largest absolute Gasteiger partial charge is 0.485 e. The zero-order valence-corrected chi connectivity index (χ0v) is 22.2. The van der Waals surface area contributed by atoms with E-state index in [1.165, 1.54) is 0 Å². The van der Waals surface area contributed by atoms with Crippen molar-refractivity contribution in [1.29, 1.82) is 0 Å². The summed E-state index contributed by atoms with van der Waals surface area (Å²) in [4.78, 5) is 26.0. The molecule has 0 radical (unpaired) electrons. The van der Waals surface area contributed by atoms with Gasteiger partial charge in [-0.15, -0.1) is 0 Å². The van der Waals surface area contributed by atoms with Gasteiger partial charge in [0.15, 0.2) is 11.6 Å². The van der Waals surface area contributed by atoms with E-state index in [0.717, 1.165) is 5.56 Å². The quantitative estimate of drug-likeness (QED) is 0.354. The molecule has 0 atom stereocenters. The Kier molecular flexibility index (Phi) is 7.87. The first-order valence-corrected chi connectivity index (χ1v) is 12.1. The lowest BCUT2D eigenvalue weighted by atomic mass is 9.71. The number of carbonyl (C=O) groups excluding carboxylic acids is 2. The molecule has 0 unspecified atom stereocenters. The molecule has 0 saturated carbocycles. The third-order valence-corrected chi connectivity index (χ3v) is 7.18. The van der Waals surface area contributed by atoms with E-state index in [-0.39, 0.29) is 29.2 Å². The lowest BCUT2D eigenvalue weighted by Crippen LogP contribution is -2.44. The minimum Gasteiger partial charge on any atom is -0.485 e. The van der Waals surface area contributed by atoms with E-state index in [1.54, 1.807) is 69.5 Å². The van der Waals surface area contributed by atoms with Gasteiger partial charge in [-0.05, 0) is 57.5 Å². The summed E-state index contributed by atoms with van der Waals surface area (Å²) in [6.45, 7) is 11.8. The maximum absolute atomic E-state index is 13.0. The van der Waals surface area contributed by atoms with Gasteiger partial charge in [-0.2, -0.15) is 0 Å². The highest BCUT2D eigenvalue weighted by Gasteiger charge is 2.38. The fourth-order valence-electron chi connectivity index (χ4n) is 3.77. The Labute approximate surface area is 214 Å². The number of ketones is 2. The molecule has 3 aromatic rings. The smallest absolute Gasteiger partial charge is 0.193 e. The molecule has 36 heavy (non-hydrogen) atoms. The second kappa shape index (κ2) is 10.4. The molecule has 3 rings (SSSR count). The van der Waals surface area contributed by atoms with Gasteiger partial charge in [0.2, 0.25) is 0 Å². The summed E-state index contributed by atoms with van der Waals surface area (Å²) in [7, 11) is 1.71. The molecule has 0 saturated heterocycles. The zero-order valence-electron chi connectivity index (χ0n) is 22.2. The number of carbonyl (C=O) groups is 2. The van der Waals surface area contributed by atoms with Crippen LogP contribution in [0.5, 0.6) is 5.75 Å². The average molecular weight is 489 g/mol. The standard InChI is InChI=1S/C31H36O5/c1-29(2,20-32)36-26-18-14-24(15-19-26)28(34)22-10-8-21(9-11-22)27(33)23-12-16-25(17-13-23)30(3,4)31(5,6)35-7/h8-19,32H,20H2,1-7H3. The zero-order chi connectivity index (χ0) is 26.7. The van der Waals surface area contributed by atoms with Crippen LogP contribution in [0.4, 0.5) is 0 Å². The van der Waals surface area contributed by atoms with Gasteiger partial charge < -0.3 is 14.6 Å². The minimum atomic E-state index is -0.703. The van der Waals surface area contributed by atoms with E-state index in [1.807, 2.05) is 24.3 Å². The van der Waals surface area contributed by atoms with Crippen molar-refractivity contribution in [1.82, 2.24) is 0 Å². The van der Waals surface area contributed by atoms with Crippen molar-refractivity contribution in [3.8, 4) is 5.75 Å². The minimum absolute atomic E-state index is 0.0997. The third kappa shape index (κ3) is 5.75. The SMILES string of the molecule is COC(C)(C)C(C)(C)c1ccc(C(=O)c2ccc(C(=O)c3ccc(OC(C)(C)CO)cc3)cc2)cc1. The summed E-state index contributed by atoms with van der Waals surface area (Å²) in [5.41, 5.74) is 1.88. The van der Waals surface area contributed by atoms with Gasteiger partial charge in [-0.3, -0.25) is 9.59 Å². The van der Waals surface area contributed by atoms with Crippen LogP contribution in [-0.2, 0) is 10.2 Å². The summed E-state index contributed by atoms with van der Waals surface area (Å²) in [6, 6.07) is 21.1. The van der Waals surface area contributed by atoms with Crippen LogP contribution in [0.3, 0.4) is 0 Å². The van der Waals surface area contributed by atoms with E-state index < -0.39 is 5.60 Å². The normalized spacial score (nSPS) is 12.3. The molecule has 5 nitrogen and oxygen atoms in total. The molecule has 0 bridgehead atoms. The number of rotatable bonds is 10. The molecule has 3 aromatic carbocycles. The van der Waals surface area contributed by atoms with Crippen LogP contribution in [0.25, 0.3) is 0 Å². The first-order chi connectivity index (χ1) is 16.8. The summed E-state index contributed by atoms with van der Waals surface area (Å²) in [6.07, 6.45) is 0. The molecule has 0 heterocycles. The molecule has 5 heteroatoms. The average Bonchev–Trinajstić information content (AvgIpc) is 2.88. The van der Waals surface area contributed by atoms with Gasteiger partial charge in [0.1, 0.15) is 11.4 Å². The van der Waals surface area contributed by atoms with E-state index in [9.17, 15) is 14.7 Å². The number of methoxy groups -OCH3 is 1. The highest BCUT2D eigenvalue weighted by atomic mass is 16.5. The second-order valence-electron chi connectivity index (χ2n) is 10.7. The van der Waals surface area contributed by atoms with E-state index in [4.69, 9.17) is 9.47 Å². The number of benzene rings is 3. The van der Waals surface area contributed by atoms with E-state index >= 15 is 0 Å². The van der Waals surface area contributed by atoms with Crippen LogP contribution in [-0.4, -0.2) is 41.6 Å². The Balaban J connectivity index is 1.73. The molecule has 0 aliphatic heterocycles. The molecule has 0 aromatic heterocycles. The summed E-state index contributed by atoms with van der Waals surface area (Å²) >= 11 is 0. The Hall–Kier alpha value is -3.28. The first kappa shape index (κ1) is 27.3. The van der Waals surface area contributed by atoms with Crippen molar-refractivity contribution in [2.24, 2.45) is 0 Å². The number of aliphatic hydroxyl groups is 1. The lowest BCUT2D eigenvalue weighted by Gasteiger charge is -2.41. The fourth-order valence-corrected chi connectivity index (χ4v) is 3.77. The predicted octanol–water partition coefficient (Wildman–Crippen LogP) is 6.00. The fraction of sp³-hybridized carbons (Fsp3) is 0.355. The molecule has 0 amide bonds. The molecule has 0 spiro atoms. The number of aliphatic hydroxyl groups excluding tert-OH is 1. The summed E-state index contributed by atoms with van der Waals surface area (Å²) in [5, 5.41) is 9.36. The van der Waals surface area contributed by atoms with Gasteiger partial charge in [0, 0.05) is 34.8 Å².